The van der Waals surface area contributed by atoms with E-state index in [9.17, 15) is 24.3 Å². The quantitative estimate of drug-likeness (QED) is 0.734. The first-order valence-electron chi connectivity index (χ1n) is 10.2. The first-order chi connectivity index (χ1) is 14.4. The molecule has 0 bridgehead atoms. The normalized spacial score (nSPS) is 18.4. The zero-order valence-electron chi connectivity index (χ0n) is 18.6. The number of aliphatic hydroxyl groups excluding tert-OH is 1. The van der Waals surface area contributed by atoms with E-state index < -0.39 is 23.6 Å². The van der Waals surface area contributed by atoms with Crippen molar-refractivity contribution in [1.29, 1.82) is 5.26 Å². The van der Waals surface area contributed by atoms with E-state index in [1.807, 2.05) is 11.0 Å². The number of nitriles is 1. The first-order valence-corrected chi connectivity index (χ1v) is 11.1. The number of thioether (sulfide) groups is 1. The van der Waals surface area contributed by atoms with Crippen molar-refractivity contribution in [3.8, 4) is 6.07 Å². The molecule has 2 atom stereocenters. The fourth-order valence-corrected chi connectivity index (χ4v) is 4.25. The van der Waals surface area contributed by atoms with Gasteiger partial charge in [0.25, 0.3) is 0 Å². The Morgan fingerprint density at radius 2 is 2.06 bits per heavy atom. The molecule has 1 fully saturated rings. The van der Waals surface area contributed by atoms with Crippen LogP contribution >= 0.6 is 11.8 Å². The van der Waals surface area contributed by atoms with E-state index >= 15 is 0 Å². The van der Waals surface area contributed by atoms with E-state index in [2.05, 4.69) is 0 Å². The fraction of sp³-hybridized carbons (Fsp3) is 0.591. The van der Waals surface area contributed by atoms with Gasteiger partial charge in [0.15, 0.2) is 5.12 Å². The number of hydrogen-bond acceptors (Lipinski definition) is 7. The molecule has 1 heterocycles. The molecule has 31 heavy (non-hydrogen) atoms. The van der Waals surface area contributed by atoms with Crippen LogP contribution in [0, 0.1) is 24.1 Å². The van der Waals surface area contributed by atoms with Crippen molar-refractivity contribution < 1.29 is 23.8 Å². The van der Waals surface area contributed by atoms with Gasteiger partial charge in [-0.05, 0) is 44.9 Å². The SMILES string of the molecule is CC(=O)SCC1CN(C(=O)OC(C)(C)C)CCN1CC(O)c1ccc(F)c(C#N)c1C. The first kappa shape index (κ1) is 25.1. The van der Waals surface area contributed by atoms with Gasteiger partial charge in [-0.2, -0.15) is 5.26 Å². The standard InChI is InChI=1S/C22H30FN3O4S/c1-14-17(6-7-19(23)18(14)10-24)20(28)12-25-8-9-26(21(29)30-22(3,4)5)11-16(25)13-31-15(2)27/h6-7,16,20,28H,8-9,11-13H2,1-5H3. The number of hydrogen-bond donors (Lipinski definition) is 1. The Morgan fingerprint density at radius 3 is 2.65 bits per heavy atom. The Balaban J connectivity index is 2.16. The molecule has 2 rings (SSSR count). The van der Waals surface area contributed by atoms with Crippen molar-refractivity contribution in [2.24, 2.45) is 0 Å². The van der Waals surface area contributed by atoms with Gasteiger partial charge in [-0.3, -0.25) is 9.69 Å². The van der Waals surface area contributed by atoms with Gasteiger partial charge in [0.1, 0.15) is 17.5 Å². The molecule has 9 heteroatoms. The predicted octanol–water partition coefficient (Wildman–Crippen LogP) is 3.24. The molecule has 0 aromatic heterocycles. The van der Waals surface area contributed by atoms with Crippen LogP contribution in [0.3, 0.4) is 0 Å². The highest BCUT2D eigenvalue weighted by Gasteiger charge is 2.33. The highest BCUT2D eigenvalue weighted by atomic mass is 32.2. The van der Waals surface area contributed by atoms with Gasteiger partial charge in [-0.15, -0.1) is 0 Å². The summed E-state index contributed by atoms with van der Waals surface area (Å²) in [5, 5.41) is 20.0. The van der Waals surface area contributed by atoms with Crippen LogP contribution in [0.15, 0.2) is 12.1 Å². The molecule has 0 saturated carbocycles. The third-order valence-corrected chi connectivity index (χ3v) is 6.03. The Bertz CT molecular complexity index is 866. The van der Waals surface area contributed by atoms with Crippen LogP contribution in [0.5, 0.6) is 0 Å². The van der Waals surface area contributed by atoms with Crippen molar-refractivity contribution in [2.75, 3.05) is 31.9 Å². The van der Waals surface area contributed by atoms with Crippen LogP contribution in [0.1, 0.15) is 50.5 Å². The molecule has 2 unspecified atom stereocenters. The number of piperazine rings is 1. The molecule has 1 N–H and O–H groups in total. The van der Waals surface area contributed by atoms with Gasteiger partial charge in [0.2, 0.25) is 0 Å². The molecule has 0 radical (unpaired) electrons. The minimum atomic E-state index is -0.939. The van der Waals surface area contributed by atoms with Crippen molar-refractivity contribution in [3.63, 3.8) is 0 Å². The number of ether oxygens (including phenoxy) is 1. The van der Waals surface area contributed by atoms with E-state index in [1.165, 1.54) is 30.8 Å². The van der Waals surface area contributed by atoms with Gasteiger partial charge in [-0.1, -0.05) is 17.8 Å². The number of β-amino-alcohol motifs (C(OH)–C–C–N with tert-alkyl or cyclic N) is 1. The average molecular weight is 452 g/mol. The second-order valence-electron chi connectivity index (χ2n) is 8.64. The number of rotatable bonds is 5. The fourth-order valence-electron chi connectivity index (χ4n) is 3.51. The maximum atomic E-state index is 13.8. The van der Waals surface area contributed by atoms with Gasteiger partial charge in [-0.25, -0.2) is 9.18 Å². The van der Waals surface area contributed by atoms with E-state index in [4.69, 9.17) is 4.74 Å². The molecule has 1 aromatic rings. The summed E-state index contributed by atoms with van der Waals surface area (Å²) in [7, 11) is 0. The molecule has 0 aliphatic carbocycles. The number of carbonyl (C=O) groups is 2. The van der Waals surface area contributed by atoms with Crippen LogP contribution < -0.4 is 0 Å². The summed E-state index contributed by atoms with van der Waals surface area (Å²) in [6, 6.07) is 4.36. The molecule has 170 valence electrons. The van der Waals surface area contributed by atoms with Crippen molar-refractivity contribution in [3.05, 3.63) is 34.6 Å². The molecule has 0 spiro atoms. The maximum absolute atomic E-state index is 13.8. The Morgan fingerprint density at radius 1 is 1.39 bits per heavy atom. The summed E-state index contributed by atoms with van der Waals surface area (Å²) in [4.78, 5) is 27.6. The molecule has 7 nitrogen and oxygen atoms in total. The number of nitrogens with zero attached hydrogens (tertiary/aromatic N) is 3. The molecule has 1 amide bonds. The van der Waals surface area contributed by atoms with Gasteiger partial charge in [0, 0.05) is 44.9 Å². The molecule has 1 aliphatic rings. The highest BCUT2D eigenvalue weighted by molar-refractivity contribution is 8.13. The summed E-state index contributed by atoms with van der Waals surface area (Å²) in [6.45, 7) is 10.0. The molecule has 1 aliphatic heterocycles. The number of benzene rings is 1. The average Bonchev–Trinajstić information content (AvgIpc) is 2.66. The summed E-state index contributed by atoms with van der Waals surface area (Å²) in [6.07, 6.45) is -1.34. The van der Waals surface area contributed by atoms with Crippen molar-refractivity contribution in [1.82, 2.24) is 9.80 Å². The molecular formula is C22H30FN3O4S. The largest absolute Gasteiger partial charge is 0.444 e. The summed E-state index contributed by atoms with van der Waals surface area (Å²) >= 11 is 1.17. The number of halogens is 1. The zero-order valence-corrected chi connectivity index (χ0v) is 19.5. The van der Waals surface area contributed by atoms with E-state index in [0.717, 1.165) is 0 Å². The van der Waals surface area contributed by atoms with Crippen LogP contribution in [-0.2, 0) is 9.53 Å². The number of amides is 1. The Kier molecular flexibility index (Phi) is 8.46. The summed E-state index contributed by atoms with van der Waals surface area (Å²) in [5.74, 6) is -0.148. The third-order valence-electron chi connectivity index (χ3n) is 5.07. The third kappa shape index (κ3) is 6.92. The monoisotopic (exact) mass is 451 g/mol. The van der Waals surface area contributed by atoms with Crippen LogP contribution in [0.25, 0.3) is 0 Å². The number of carbonyl (C=O) groups excluding carboxylic acids is 2. The highest BCUT2D eigenvalue weighted by Crippen LogP contribution is 2.26. The Labute approximate surface area is 187 Å². The minimum Gasteiger partial charge on any atom is -0.444 e. The predicted molar refractivity (Wildman–Crippen MR) is 117 cm³/mol. The van der Waals surface area contributed by atoms with Crippen LogP contribution in [-0.4, -0.2) is 69.7 Å². The molecular weight excluding hydrogens is 421 g/mol. The second-order valence-corrected chi connectivity index (χ2v) is 9.84. The number of aliphatic hydroxyl groups is 1. The summed E-state index contributed by atoms with van der Waals surface area (Å²) in [5.41, 5.74) is 0.226. The van der Waals surface area contributed by atoms with Gasteiger partial charge >= 0.3 is 6.09 Å². The second kappa shape index (κ2) is 10.4. The van der Waals surface area contributed by atoms with E-state index in [0.29, 0.717) is 36.5 Å². The minimum absolute atomic E-state index is 0.0251. The van der Waals surface area contributed by atoms with Gasteiger partial charge < -0.3 is 14.7 Å². The van der Waals surface area contributed by atoms with Crippen molar-refractivity contribution >= 4 is 23.0 Å². The van der Waals surface area contributed by atoms with E-state index in [1.54, 1.807) is 32.6 Å². The van der Waals surface area contributed by atoms with E-state index in [-0.39, 0.29) is 23.3 Å². The zero-order chi connectivity index (χ0) is 23.3. The lowest BCUT2D eigenvalue weighted by Crippen LogP contribution is -2.57. The topological polar surface area (TPSA) is 93.9 Å². The maximum Gasteiger partial charge on any atom is 0.410 e. The lowest BCUT2D eigenvalue weighted by atomic mass is 9.97. The van der Waals surface area contributed by atoms with Crippen LogP contribution in [0.2, 0.25) is 0 Å². The van der Waals surface area contributed by atoms with Gasteiger partial charge in [0.05, 0.1) is 11.7 Å². The lowest BCUT2D eigenvalue weighted by Gasteiger charge is -2.42. The van der Waals surface area contributed by atoms with Crippen LogP contribution in [0.4, 0.5) is 9.18 Å². The molecule has 1 aromatic carbocycles. The molecule has 1 saturated heterocycles. The lowest BCUT2D eigenvalue weighted by molar-refractivity contribution is -0.109. The smallest absolute Gasteiger partial charge is 0.410 e. The summed E-state index contributed by atoms with van der Waals surface area (Å²) < 4.78 is 19.3. The Hall–Kier alpha value is -2.15. The van der Waals surface area contributed by atoms with Crippen molar-refractivity contribution in [2.45, 2.75) is 52.4 Å².